The van der Waals surface area contributed by atoms with Gasteiger partial charge in [0.15, 0.2) is 0 Å². The van der Waals surface area contributed by atoms with Crippen LogP contribution in [0.4, 0.5) is 0 Å². The van der Waals surface area contributed by atoms with E-state index in [0.717, 1.165) is 5.70 Å². The molecule has 0 atom stereocenters. The first-order chi connectivity index (χ1) is 5.70. The predicted molar refractivity (Wildman–Crippen MR) is 50.1 cm³/mol. The maximum atomic E-state index is 4.16. The molecule has 0 aromatic rings. The molecule has 0 aliphatic carbocycles. The minimum Gasteiger partial charge on any atom is -0.333 e. The molecule has 62 valence electrons. The summed E-state index contributed by atoms with van der Waals surface area (Å²) in [5.41, 5.74) is 1.01. The summed E-state index contributed by atoms with van der Waals surface area (Å²) >= 11 is 0. The van der Waals surface area contributed by atoms with Gasteiger partial charge >= 0.3 is 0 Å². The van der Waals surface area contributed by atoms with Crippen LogP contribution in [0, 0.1) is 0 Å². The van der Waals surface area contributed by atoms with Gasteiger partial charge in [-0.1, -0.05) is 0 Å². The second-order valence-corrected chi connectivity index (χ2v) is 3.43. The van der Waals surface area contributed by atoms with Gasteiger partial charge in [-0.15, -0.1) is 0 Å². The Labute approximate surface area is 71.8 Å². The molecule has 2 aliphatic rings. The Kier molecular flexibility index (Phi) is 1.40. The fourth-order valence-corrected chi connectivity index (χ4v) is 1.35. The fraction of sp³-hybridized carbons (Fsp3) is 0.333. The molecule has 0 fully saturated rings. The monoisotopic (exact) mass is 161 g/mol. The van der Waals surface area contributed by atoms with Gasteiger partial charge in [0.05, 0.1) is 23.7 Å². The molecule has 0 unspecified atom stereocenters. The highest BCUT2D eigenvalue weighted by molar-refractivity contribution is 5.84. The molecule has 0 spiro atoms. The highest BCUT2D eigenvalue weighted by Crippen LogP contribution is 2.23. The molecule has 3 nitrogen and oxygen atoms in total. The Hall–Kier alpha value is -1.38. The van der Waals surface area contributed by atoms with Gasteiger partial charge < -0.3 is 4.90 Å². The van der Waals surface area contributed by atoms with E-state index in [9.17, 15) is 0 Å². The van der Waals surface area contributed by atoms with Crippen molar-refractivity contribution in [1.82, 2.24) is 4.90 Å². The number of aliphatic imine (C=N–C) groups is 2. The van der Waals surface area contributed by atoms with Crippen LogP contribution in [-0.4, -0.2) is 22.9 Å². The van der Waals surface area contributed by atoms with Crippen LogP contribution in [0.2, 0.25) is 0 Å². The summed E-state index contributed by atoms with van der Waals surface area (Å²) in [7, 11) is 0. The third-order valence-electron chi connectivity index (χ3n) is 2.00. The smallest absolute Gasteiger partial charge is 0.0786 e. The Morgan fingerprint density at radius 1 is 1.33 bits per heavy atom. The zero-order valence-electron chi connectivity index (χ0n) is 7.23. The van der Waals surface area contributed by atoms with Crippen LogP contribution in [0.15, 0.2) is 34.3 Å². The molecule has 0 aromatic carbocycles. The SMILES string of the molecule is CC1(C)C=NC=C2C=NC=CN21. The highest BCUT2D eigenvalue weighted by Gasteiger charge is 2.27. The molecule has 0 saturated heterocycles. The van der Waals surface area contributed by atoms with Crippen LogP contribution in [0.25, 0.3) is 0 Å². The minimum absolute atomic E-state index is 0.0347. The Balaban J connectivity index is 2.42. The molecule has 0 aromatic heterocycles. The summed E-state index contributed by atoms with van der Waals surface area (Å²) in [4.78, 5) is 10.3. The molecular formula is C9H11N3. The van der Waals surface area contributed by atoms with Gasteiger partial charge in [-0.2, -0.15) is 0 Å². The average molecular weight is 161 g/mol. The van der Waals surface area contributed by atoms with E-state index >= 15 is 0 Å². The highest BCUT2D eigenvalue weighted by atomic mass is 15.2. The van der Waals surface area contributed by atoms with Crippen molar-refractivity contribution < 1.29 is 0 Å². The molecule has 2 heterocycles. The average Bonchev–Trinajstić information content (AvgIpc) is 2.04. The zero-order chi connectivity index (χ0) is 8.60. The summed E-state index contributed by atoms with van der Waals surface area (Å²) in [6.07, 6.45) is 9.33. The van der Waals surface area contributed by atoms with Crippen molar-refractivity contribution in [2.75, 3.05) is 0 Å². The summed E-state index contributed by atoms with van der Waals surface area (Å²) in [5.74, 6) is 0. The van der Waals surface area contributed by atoms with Crippen LogP contribution < -0.4 is 0 Å². The summed E-state index contributed by atoms with van der Waals surface area (Å²) in [6.45, 7) is 4.24. The number of hydrogen-bond donors (Lipinski definition) is 0. The molecule has 0 N–H and O–H groups in total. The molecule has 0 bridgehead atoms. The van der Waals surface area contributed by atoms with E-state index in [4.69, 9.17) is 0 Å². The number of allylic oxidation sites excluding steroid dienone is 1. The quantitative estimate of drug-likeness (QED) is 0.529. The van der Waals surface area contributed by atoms with Crippen LogP contribution >= 0.6 is 0 Å². The lowest BCUT2D eigenvalue weighted by Gasteiger charge is -2.37. The van der Waals surface area contributed by atoms with Crippen molar-refractivity contribution in [3.63, 3.8) is 0 Å². The second kappa shape index (κ2) is 2.30. The first-order valence-corrected chi connectivity index (χ1v) is 3.94. The summed E-state index contributed by atoms with van der Waals surface area (Å²) < 4.78 is 0. The largest absolute Gasteiger partial charge is 0.333 e. The lowest BCUT2D eigenvalue weighted by atomic mass is 10.0. The number of fused-ring (bicyclic) bond motifs is 1. The van der Waals surface area contributed by atoms with Gasteiger partial charge in [-0.3, -0.25) is 9.98 Å². The van der Waals surface area contributed by atoms with Gasteiger partial charge in [0.2, 0.25) is 0 Å². The standard InChI is InChI=1S/C9H11N3/c1-9(2)7-11-6-8-5-10-3-4-12(8)9/h3-7H,1-2H3. The Morgan fingerprint density at radius 3 is 2.92 bits per heavy atom. The minimum atomic E-state index is -0.0347. The molecule has 3 heteroatoms. The molecule has 0 saturated carbocycles. The number of rotatable bonds is 0. The van der Waals surface area contributed by atoms with Gasteiger partial charge in [-0.25, -0.2) is 0 Å². The molecule has 12 heavy (non-hydrogen) atoms. The molecular weight excluding hydrogens is 150 g/mol. The van der Waals surface area contributed by atoms with Crippen molar-refractivity contribution >= 4 is 12.4 Å². The van der Waals surface area contributed by atoms with Crippen LogP contribution in [0.3, 0.4) is 0 Å². The zero-order valence-corrected chi connectivity index (χ0v) is 7.23. The topological polar surface area (TPSA) is 28.0 Å². The van der Waals surface area contributed by atoms with Crippen molar-refractivity contribution in [3.05, 3.63) is 24.3 Å². The van der Waals surface area contributed by atoms with E-state index < -0.39 is 0 Å². The third kappa shape index (κ3) is 0.978. The predicted octanol–water partition coefficient (Wildman–Crippen LogP) is 1.55. The molecule has 2 aliphatic heterocycles. The first-order valence-electron chi connectivity index (χ1n) is 3.94. The summed E-state index contributed by atoms with van der Waals surface area (Å²) in [6, 6.07) is 0. The normalized spacial score (nSPS) is 23.8. The number of hydrogen-bond acceptors (Lipinski definition) is 3. The van der Waals surface area contributed by atoms with E-state index in [1.165, 1.54) is 0 Å². The van der Waals surface area contributed by atoms with E-state index in [2.05, 4.69) is 28.7 Å². The van der Waals surface area contributed by atoms with Gasteiger partial charge in [0, 0.05) is 18.6 Å². The molecule has 2 rings (SSSR count). The maximum Gasteiger partial charge on any atom is 0.0786 e. The van der Waals surface area contributed by atoms with Crippen molar-refractivity contribution in [2.45, 2.75) is 19.4 Å². The van der Waals surface area contributed by atoms with E-state index in [-0.39, 0.29) is 5.54 Å². The number of nitrogens with zero attached hydrogens (tertiary/aromatic N) is 3. The molecule has 0 amide bonds. The van der Waals surface area contributed by atoms with Gasteiger partial charge in [0.1, 0.15) is 0 Å². The molecule has 0 radical (unpaired) electrons. The Morgan fingerprint density at radius 2 is 2.17 bits per heavy atom. The summed E-state index contributed by atoms with van der Waals surface area (Å²) in [5, 5.41) is 0. The Bertz CT molecular complexity index is 308. The third-order valence-corrected chi connectivity index (χ3v) is 2.00. The van der Waals surface area contributed by atoms with E-state index in [0.29, 0.717) is 0 Å². The van der Waals surface area contributed by atoms with Crippen LogP contribution in [0.1, 0.15) is 13.8 Å². The van der Waals surface area contributed by atoms with Crippen molar-refractivity contribution in [2.24, 2.45) is 9.98 Å². The van der Waals surface area contributed by atoms with Gasteiger partial charge in [-0.05, 0) is 13.8 Å². The van der Waals surface area contributed by atoms with Crippen molar-refractivity contribution in [1.29, 1.82) is 0 Å². The first kappa shape index (κ1) is 7.28. The fourth-order valence-electron chi connectivity index (χ4n) is 1.35. The van der Waals surface area contributed by atoms with Crippen LogP contribution in [0.5, 0.6) is 0 Å². The lowest BCUT2D eigenvalue weighted by molar-refractivity contribution is 0.331. The van der Waals surface area contributed by atoms with Crippen molar-refractivity contribution in [3.8, 4) is 0 Å². The lowest BCUT2D eigenvalue weighted by Crippen LogP contribution is -2.43. The van der Waals surface area contributed by atoms with E-state index in [1.54, 1.807) is 6.20 Å². The van der Waals surface area contributed by atoms with Gasteiger partial charge in [0.25, 0.3) is 0 Å². The van der Waals surface area contributed by atoms with Crippen LogP contribution in [-0.2, 0) is 0 Å². The maximum absolute atomic E-state index is 4.16. The second-order valence-electron chi connectivity index (χ2n) is 3.43. The van der Waals surface area contributed by atoms with E-state index in [1.807, 2.05) is 24.8 Å².